The monoisotopic (exact) mass is 338 g/mol. The zero-order valence-electron chi connectivity index (χ0n) is 14.2. The lowest BCUT2D eigenvalue weighted by Crippen LogP contribution is -2.66. The van der Waals surface area contributed by atoms with Gasteiger partial charge in [-0.2, -0.15) is 4.31 Å². The van der Waals surface area contributed by atoms with Crippen LogP contribution in [0.25, 0.3) is 0 Å². The van der Waals surface area contributed by atoms with E-state index in [4.69, 9.17) is 4.74 Å². The summed E-state index contributed by atoms with van der Waals surface area (Å²) in [6.07, 6.45) is 2.06. The molecule has 0 bridgehead atoms. The van der Waals surface area contributed by atoms with E-state index in [-0.39, 0.29) is 5.60 Å². The molecule has 1 atom stereocenters. The third-order valence-electron chi connectivity index (χ3n) is 4.90. The van der Waals surface area contributed by atoms with E-state index in [1.807, 2.05) is 19.1 Å². The average Bonchev–Trinajstić information content (AvgIpc) is 2.45. The van der Waals surface area contributed by atoms with Crippen LogP contribution in [-0.2, 0) is 14.8 Å². The largest absolute Gasteiger partial charge is 0.372 e. The third kappa shape index (κ3) is 3.31. The van der Waals surface area contributed by atoms with Crippen molar-refractivity contribution in [3.63, 3.8) is 0 Å². The standard InChI is InChI=1S/C17H26N2O3S/c1-14-6-4-5-7-16(14)23(20,21)19-12-17(13-19)9-8-15(11-22-17)10-18(2)3/h4-7,15H,8-13H2,1-3H3/t15-/m1/s1. The molecule has 6 heteroatoms. The van der Waals surface area contributed by atoms with Crippen molar-refractivity contribution in [1.82, 2.24) is 9.21 Å². The lowest BCUT2D eigenvalue weighted by molar-refractivity contribution is -0.158. The second-order valence-corrected chi connectivity index (χ2v) is 9.11. The molecule has 1 spiro atoms. The average molecular weight is 338 g/mol. The van der Waals surface area contributed by atoms with Gasteiger partial charge in [0.25, 0.3) is 0 Å². The number of aryl methyl sites for hydroxylation is 1. The molecule has 0 radical (unpaired) electrons. The molecule has 2 aliphatic heterocycles. The Morgan fingerprint density at radius 2 is 2.00 bits per heavy atom. The minimum atomic E-state index is -3.40. The smallest absolute Gasteiger partial charge is 0.243 e. The topological polar surface area (TPSA) is 49.9 Å². The van der Waals surface area contributed by atoms with Gasteiger partial charge in [0.1, 0.15) is 0 Å². The molecule has 128 valence electrons. The quantitative estimate of drug-likeness (QED) is 0.839. The van der Waals surface area contributed by atoms with Crippen molar-refractivity contribution < 1.29 is 13.2 Å². The summed E-state index contributed by atoms with van der Waals surface area (Å²) in [6, 6.07) is 7.16. The van der Waals surface area contributed by atoms with Crippen LogP contribution in [0.15, 0.2) is 29.2 Å². The van der Waals surface area contributed by atoms with Crippen LogP contribution in [0.3, 0.4) is 0 Å². The second-order valence-electron chi connectivity index (χ2n) is 7.20. The highest BCUT2D eigenvalue weighted by atomic mass is 32.2. The molecular weight excluding hydrogens is 312 g/mol. The Balaban J connectivity index is 1.62. The predicted molar refractivity (Wildman–Crippen MR) is 89.9 cm³/mol. The highest BCUT2D eigenvalue weighted by Gasteiger charge is 2.51. The Bertz CT molecular complexity index is 656. The van der Waals surface area contributed by atoms with Gasteiger partial charge in [0.2, 0.25) is 10.0 Å². The Morgan fingerprint density at radius 1 is 1.30 bits per heavy atom. The fraction of sp³-hybridized carbons (Fsp3) is 0.647. The first-order valence-corrected chi connectivity index (χ1v) is 9.61. The summed E-state index contributed by atoms with van der Waals surface area (Å²) in [5, 5.41) is 0. The summed E-state index contributed by atoms with van der Waals surface area (Å²) in [5.41, 5.74) is 0.544. The number of benzene rings is 1. The van der Waals surface area contributed by atoms with Gasteiger partial charge in [0, 0.05) is 19.6 Å². The summed E-state index contributed by atoms with van der Waals surface area (Å²) < 4.78 is 33.1. The van der Waals surface area contributed by atoms with E-state index in [1.165, 1.54) is 0 Å². The third-order valence-corrected chi connectivity index (χ3v) is 6.85. The first-order chi connectivity index (χ1) is 10.8. The highest BCUT2D eigenvalue weighted by Crippen LogP contribution is 2.39. The number of hydrogen-bond donors (Lipinski definition) is 0. The van der Waals surface area contributed by atoms with Gasteiger partial charge < -0.3 is 9.64 Å². The van der Waals surface area contributed by atoms with E-state index in [0.29, 0.717) is 23.9 Å². The van der Waals surface area contributed by atoms with Crippen LogP contribution in [0, 0.1) is 12.8 Å². The summed E-state index contributed by atoms with van der Waals surface area (Å²) in [6.45, 7) is 4.57. The second kappa shape index (κ2) is 6.16. The van der Waals surface area contributed by atoms with Gasteiger partial charge in [-0.3, -0.25) is 0 Å². The molecular formula is C17H26N2O3S. The van der Waals surface area contributed by atoms with Gasteiger partial charge in [-0.25, -0.2) is 8.42 Å². The van der Waals surface area contributed by atoms with E-state index < -0.39 is 10.0 Å². The molecule has 0 aliphatic carbocycles. The summed E-state index contributed by atoms with van der Waals surface area (Å²) in [7, 11) is 0.752. The fourth-order valence-electron chi connectivity index (χ4n) is 3.58. The molecule has 0 unspecified atom stereocenters. The molecule has 2 saturated heterocycles. The van der Waals surface area contributed by atoms with Crippen molar-refractivity contribution in [2.24, 2.45) is 5.92 Å². The Kier molecular flexibility index (Phi) is 4.53. The number of nitrogens with zero attached hydrogens (tertiary/aromatic N) is 2. The van der Waals surface area contributed by atoms with Gasteiger partial charge >= 0.3 is 0 Å². The Labute approximate surface area is 139 Å². The van der Waals surface area contributed by atoms with Crippen LogP contribution < -0.4 is 0 Å². The van der Waals surface area contributed by atoms with E-state index in [2.05, 4.69) is 19.0 Å². The van der Waals surface area contributed by atoms with E-state index >= 15 is 0 Å². The minimum absolute atomic E-state index is 0.251. The first-order valence-electron chi connectivity index (χ1n) is 8.17. The van der Waals surface area contributed by atoms with Crippen LogP contribution in [-0.4, -0.2) is 63.6 Å². The number of ether oxygens (including phenoxy) is 1. The van der Waals surface area contributed by atoms with Crippen molar-refractivity contribution in [2.45, 2.75) is 30.3 Å². The van der Waals surface area contributed by atoms with Gasteiger partial charge in [0.05, 0.1) is 17.1 Å². The van der Waals surface area contributed by atoms with Gasteiger partial charge in [0.15, 0.2) is 0 Å². The molecule has 0 amide bonds. The molecule has 1 aromatic carbocycles. The maximum atomic E-state index is 12.7. The molecule has 2 fully saturated rings. The van der Waals surface area contributed by atoms with Crippen molar-refractivity contribution in [3.05, 3.63) is 29.8 Å². The van der Waals surface area contributed by atoms with Crippen molar-refractivity contribution in [3.8, 4) is 0 Å². The van der Waals surface area contributed by atoms with Crippen LogP contribution in [0.1, 0.15) is 18.4 Å². The molecule has 0 aromatic heterocycles. The number of rotatable bonds is 4. The lowest BCUT2D eigenvalue weighted by Gasteiger charge is -2.52. The summed E-state index contributed by atoms with van der Waals surface area (Å²) in [4.78, 5) is 2.60. The van der Waals surface area contributed by atoms with Gasteiger partial charge in [-0.15, -0.1) is 0 Å². The zero-order valence-corrected chi connectivity index (χ0v) is 15.0. The molecule has 2 aliphatic rings. The Morgan fingerprint density at radius 3 is 2.57 bits per heavy atom. The van der Waals surface area contributed by atoms with Crippen LogP contribution >= 0.6 is 0 Å². The number of sulfonamides is 1. The summed E-state index contributed by atoms with van der Waals surface area (Å²) >= 11 is 0. The molecule has 0 N–H and O–H groups in total. The van der Waals surface area contributed by atoms with Crippen LogP contribution in [0.5, 0.6) is 0 Å². The highest BCUT2D eigenvalue weighted by molar-refractivity contribution is 7.89. The molecule has 3 rings (SSSR count). The maximum absolute atomic E-state index is 12.7. The normalized spacial score (nSPS) is 24.8. The SMILES string of the molecule is Cc1ccccc1S(=O)(=O)N1CC2(CC[C@H](CN(C)C)CO2)C1. The van der Waals surface area contributed by atoms with E-state index in [0.717, 1.165) is 31.6 Å². The van der Waals surface area contributed by atoms with Crippen molar-refractivity contribution in [1.29, 1.82) is 0 Å². The lowest BCUT2D eigenvalue weighted by atomic mass is 9.84. The van der Waals surface area contributed by atoms with Gasteiger partial charge in [-0.1, -0.05) is 18.2 Å². The molecule has 1 aromatic rings. The molecule has 2 heterocycles. The zero-order chi connectivity index (χ0) is 16.7. The van der Waals surface area contributed by atoms with Crippen molar-refractivity contribution in [2.75, 3.05) is 40.3 Å². The van der Waals surface area contributed by atoms with Crippen LogP contribution in [0.4, 0.5) is 0 Å². The first kappa shape index (κ1) is 16.9. The minimum Gasteiger partial charge on any atom is -0.372 e. The molecule has 0 saturated carbocycles. The fourth-order valence-corrected chi connectivity index (χ4v) is 5.39. The maximum Gasteiger partial charge on any atom is 0.243 e. The van der Waals surface area contributed by atoms with E-state index in [1.54, 1.807) is 16.4 Å². The number of hydrogen-bond acceptors (Lipinski definition) is 4. The van der Waals surface area contributed by atoms with Crippen molar-refractivity contribution >= 4 is 10.0 Å². The Hall–Kier alpha value is -0.950. The van der Waals surface area contributed by atoms with Crippen LogP contribution in [0.2, 0.25) is 0 Å². The molecule has 23 heavy (non-hydrogen) atoms. The molecule has 5 nitrogen and oxygen atoms in total. The summed E-state index contributed by atoms with van der Waals surface area (Å²) in [5.74, 6) is 0.553. The van der Waals surface area contributed by atoms with E-state index in [9.17, 15) is 8.42 Å². The van der Waals surface area contributed by atoms with Gasteiger partial charge in [-0.05, 0) is 51.4 Å². The predicted octanol–water partition coefficient (Wildman–Crippen LogP) is 1.73.